The lowest BCUT2D eigenvalue weighted by Crippen LogP contribution is -2.32. The molecule has 1 aromatic heterocycles. The first-order chi connectivity index (χ1) is 12.7. The Balaban J connectivity index is 1.65. The third-order valence-electron chi connectivity index (χ3n) is 4.82. The number of rotatable bonds is 4. The molecule has 2 heterocycles. The van der Waals surface area contributed by atoms with E-state index in [2.05, 4.69) is 10.00 Å². The molecule has 27 heavy (non-hydrogen) atoms. The molecule has 0 bridgehead atoms. The van der Waals surface area contributed by atoms with E-state index in [-0.39, 0.29) is 12.5 Å². The smallest absolute Gasteiger partial charge is 0.337 e. The summed E-state index contributed by atoms with van der Waals surface area (Å²) in [5.74, 6) is -0.0298. The van der Waals surface area contributed by atoms with Gasteiger partial charge in [-0.05, 0) is 24.6 Å². The fourth-order valence-corrected chi connectivity index (χ4v) is 3.35. The number of carbonyl (C=O) groups is 1. The third kappa shape index (κ3) is 4.88. The Morgan fingerprint density at radius 1 is 1.15 bits per heavy atom. The Morgan fingerprint density at radius 2 is 1.93 bits per heavy atom. The first-order valence-electron chi connectivity index (χ1n) is 8.88. The van der Waals surface area contributed by atoms with Crippen molar-refractivity contribution >= 4 is 5.91 Å². The van der Waals surface area contributed by atoms with E-state index in [1.807, 2.05) is 20.2 Å². The van der Waals surface area contributed by atoms with Crippen molar-refractivity contribution in [2.24, 2.45) is 7.05 Å². The molecular formula is C19H23F3N4O. The fourth-order valence-electron chi connectivity index (χ4n) is 3.35. The largest absolute Gasteiger partial charge is 0.416 e. The van der Waals surface area contributed by atoms with Crippen molar-refractivity contribution in [3.05, 3.63) is 52.8 Å². The number of alkyl halides is 3. The molecule has 0 unspecified atom stereocenters. The maximum atomic E-state index is 12.9. The molecule has 1 aromatic carbocycles. The Hall–Kier alpha value is -2.35. The number of hydrogen-bond donors (Lipinski definition) is 0. The van der Waals surface area contributed by atoms with Crippen LogP contribution in [0.3, 0.4) is 0 Å². The zero-order chi connectivity index (χ0) is 19.6. The summed E-state index contributed by atoms with van der Waals surface area (Å²) in [5, 5.41) is 4.33. The zero-order valence-electron chi connectivity index (χ0n) is 15.5. The molecule has 0 atom stereocenters. The van der Waals surface area contributed by atoms with Crippen LogP contribution in [0.15, 0.2) is 30.5 Å². The van der Waals surface area contributed by atoms with Gasteiger partial charge in [-0.15, -0.1) is 0 Å². The summed E-state index contributed by atoms with van der Waals surface area (Å²) in [7, 11) is 1.87. The number of amides is 1. The van der Waals surface area contributed by atoms with Gasteiger partial charge in [-0.25, -0.2) is 0 Å². The molecule has 0 spiro atoms. The highest BCUT2D eigenvalue weighted by Gasteiger charge is 2.30. The SMILES string of the molecule is Cc1nn(C)cc1CN1CCC(=O)N(Cc2cccc(C(F)(F)F)c2)CC1. The van der Waals surface area contributed by atoms with Gasteiger partial charge in [0.25, 0.3) is 0 Å². The number of halogens is 3. The highest BCUT2D eigenvalue weighted by Crippen LogP contribution is 2.29. The predicted octanol–water partition coefficient (Wildman–Crippen LogP) is 2.98. The topological polar surface area (TPSA) is 41.4 Å². The van der Waals surface area contributed by atoms with Gasteiger partial charge >= 0.3 is 6.18 Å². The van der Waals surface area contributed by atoms with Crippen molar-refractivity contribution in [3.63, 3.8) is 0 Å². The van der Waals surface area contributed by atoms with Crippen molar-refractivity contribution in [1.82, 2.24) is 19.6 Å². The van der Waals surface area contributed by atoms with Gasteiger partial charge in [-0.1, -0.05) is 12.1 Å². The van der Waals surface area contributed by atoms with Crippen LogP contribution >= 0.6 is 0 Å². The predicted molar refractivity (Wildman–Crippen MR) is 94.7 cm³/mol. The van der Waals surface area contributed by atoms with Gasteiger partial charge in [0.2, 0.25) is 5.91 Å². The molecule has 2 aromatic rings. The van der Waals surface area contributed by atoms with Crippen molar-refractivity contribution in [1.29, 1.82) is 0 Å². The van der Waals surface area contributed by atoms with E-state index in [0.717, 1.165) is 23.4 Å². The van der Waals surface area contributed by atoms with Crippen LogP contribution in [0.4, 0.5) is 13.2 Å². The van der Waals surface area contributed by atoms with E-state index in [4.69, 9.17) is 0 Å². The molecule has 0 N–H and O–H groups in total. The highest BCUT2D eigenvalue weighted by atomic mass is 19.4. The normalized spacial score (nSPS) is 16.6. The van der Waals surface area contributed by atoms with Crippen molar-refractivity contribution in [2.45, 2.75) is 32.6 Å². The molecule has 8 heteroatoms. The van der Waals surface area contributed by atoms with Crippen LogP contribution in [0.2, 0.25) is 0 Å². The van der Waals surface area contributed by atoms with Crippen molar-refractivity contribution < 1.29 is 18.0 Å². The second kappa shape index (κ2) is 7.72. The lowest BCUT2D eigenvalue weighted by atomic mass is 10.1. The second-order valence-electron chi connectivity index (χ2n) is 6.95. The lowest BCUT2D eigenvalue weighted by molar-refractivity contribution is -0.137. The van der Waals surface area contributed by atoms with Crippen LogP contribution in [-0.2, 0) is 31.1 Å². The van der Waals surface area contributed by atoms with Gasteiger partial charge in [0.15, 0.2) is 0 Å². The van der Waals surface area contributed by atoms with Crippen LogP contribution in [-0.4, -0.2) is 45.1 Å². The van der Waals surface area contributed by atoms with E-state index in [0.29, 0.717) is 38.2 Å². The number of hydrogen-bond acceptors (Lipinski definition) is 3. The minimum absolute atomic E-state index is 0.0298. The van der Waals surface area contributed by atoms with Crippen molar-refractivity contribution in [2.75, 3.05) is 19.6 Å². The third-order valence-corrected chi connectivity index (χ3v) is 4.82. The van der Waals surface area contributed by atoms with E-state index < -0.39 is 11.7 Å². The van der Waals surface area contributed by atoms with Gasteiger partial charge in [-0.2, -0.15) is 18.3 Å². The first kappa shape index (κ1) is 19.4. The summed E-state index contributed by atoms with van der Waals surface area (Å²) < 4.78 is 40.4. The molecule has 3 rings (SSSR count). The average molecular weight is 380 g/mol. The molecule has 0 aliphatic carbocycles. The van der Waals surface area contributed by atoms with Crippen LogP contribution in [0, 0.1) is 6.92 Å². The van der Waals surface area contributed by atoms with E-state index in [1.165, 1.54) is 6.07 Å². The minimum Gasteiger partial charge on any atom is -0.337 e. The number of benzene rings is 1. The van der Waals surface area contributed by atoms with Crippen LogP contribution in [0.1, 0.15) is 28.8 Å². The summed E-state index contributed by atoms with van der Waals surface area (Å²) in [5.41, 5.74) is 1.90. The molecule has 1 saturated heterocycles. The Labute approximate surface area is 156 Å². The second-order valence-corrected chi connectivity index (χ2v) is 6.95. The van der Waals surface area contributed by atoms with Gasteiger partial charge in [-0.3, -0.25) is 14.4 Å². The number of nitrogens with zero attached hydrogens (tertiary/aromatic N) is 4. The van der Waals surface area contributed by atoms with Gasteiger partial charge in [0.05, 0.1) is 11.3 Å². The van der Waals surface area contributed by atoms with Crippen LogP contribution < -0.4 is 0 Å². The number of aromatic nitrogens is 2. The summed E-state index contributed by atoms with van der Waals surface area (Å²) in [6.45, 7) is 4.67. The zero-order valence-corrected chi connectivity index (χ0v) is 15.5. The Morgan fingerprint density at radius 3 is 2.59 bits per heavy atom. The molecule has 1 aliphatic heterocycles. The number of carbonyl (C=O) groups excluding carboxylic acids is 1. The maximum absolute atomic E-state index is 12.9. The van der Waals surface area contributed by atoms with Crippen molar-refractivity contribution in [3.8, 4) is 0 Å². The Kier molecular flexibility index (Phi) is 5.55. The molecule has 146 valence electrons. The maximum Gasteiger partial charge on any atom is 0.416 e. The molecular weight excluding hydrogens is 357 g/mol. The Bertz CT molecular complexity index is 816. The molecule has 0 saturated carbocycles. The summed E-state index contributed by atoms with van der Waals surface area (Å²) in [6.07, 6.45) is -2.04. The van der Waals surface area contributed by atoms with E-state index >= 15 is 0 Å². The molecule has 0 radical (unpaired) electrons. The highest BCUT2D eigenvalue weighted by molar-refractivity contribution is 5.76. The van der Waals surface area contributed by atoms with Gasteiger partial charge < -0.3 is 4.90 Å². The molecule has 1 amide bonds. The minimum atomic E-state index is -4.38. The number of aryl methyl sites for hydroxylation is 2. The quantitative estimate of drug-likeness (QED) is 0.819. The standard InChI is InChI=1S/C19H23F3N4O/c1-14-16(12-24(2)23-14)13-25-7-6-18(27)26(9-8-25)11-15-4-3-5-17(10-15)19(20,21)22/h3-5,10,12H,6-9,11,13H2,1-2H3. The van der Waals surface area contributed by atoms with Crippen LogP contribution in [0.25, 0.3) is 0 Å². The lowest BCUT2D eigenvalue weighted by Gasteiger charge is -2.22. The van der Waals surface area contributed by atoms with E-state index in [1.54, 1.807) is 15.6 Å². The van der Waals surface area contributed by atoms with E-state index in [9.17, 15) is 18.0 Å². The summed E-state index contributed by atoms with van der Waals surface area (Å²) in [4.78, 5) is 16.3. The molecule has 1 fully saturated rings. The van der Waals surface area contributed by atoms with Crippen LogP contribution in [0.5, 0.6) is 0 Å². The molecule has 1 aliphatic rings. The summed E-state index contributed by atoms with van der Waals surface area (Å²) in [6, 6.07) is 5.18. The average Bonchev–Trinajstić information content (AvgIpc) is 2.81. The molecule has 5 nitrogen and oxygen atoms in total. The monoisotopic (exact) mass is 380 g/mol. The van der Waals surface area contributed by atoms with Gasteiger partial charge in [0.1, 0.15) is 0 Å². The first-order valence-corrected chi connectivity index (χ1v) is 8.88. The summed E-state index contributed by atoms with van der Waals surface area (Å²) >= 11 is 0. The fraction of sp³-hybridized carbons (Fsp3) is 0.474. The van der Waals surface area contributed by atoms with Gasteiger partial charge in [0, 0.05) is 58.0 Å².